The van der Waals surface area contributed by atoms with Crippen LogP contribution in [0.25, 0.3) is 28.3 Å². The van der Waals surface area contributed by atoms with Crippen molar-refractivity contribution in [2.24, 2.45) is 7.05 Å². The molecule has 0 aliphatic carbocycles. The Morgan fingerprint density at radius 1 is 1.19 bits per heavy atom. The van der Waals surface area contributed by atoms with Crippen LogP contribution in [0.3, 0.4) is 0 Å². The molecule has 0 unspecified atom stereocenters. The van der Waals surface area contributed by atoms with Crippen molar-refractivity contribution < 1.29 is 0 Å². The Morgan fingerprint density at radius 3 is 2.81 bits per heavy atom. The van der Waals surface area contributed by atoms with Crippen LogP contribution in [-0.2, 0) is 7.05 Å². The Hall–Kier alpha value is -2.67. The quantitative estimate of drug-likeness (QED) is 0.615. The highest BCUT2D eigenvalue weighted by atomic mass is 35.5. The van der Waals surface area contributed by atoms with E-state index in [9.17, 15) is 0 Å². The predicted octanol–water partition coefficient (Wildman–Crippen LogP) is 2.17. The third kappa shape index (κ3) is 1.90. The second kappa shape index (κ2) is 4.42. The first-order chi connectivity index (χ1) is 10.2. The highest BCUT2D eigenvalue weighted by Gasteiger charge is 2.14. The molecule has 104 valence electrons. The van der Waals surface area contributed by atoms with Gasteiger partial charge in [-0.15, -0.1) is 0 Å². The van der Waals surface area contributed by atoms with E-state index in [4.69, 9.17) is 11.6 Å². The largest absolute Gasteiger partial charge is 0.285 e. The summed E-state index contributed by atoms with van der Waals surface area (Å²) >= 11 is 6.21. The molecule has 7 nitrogen and oxygen atoms in total. The molecule has 4 heterocycles. The van der Waals surface area contributed by atoms with Crippen molar-refractivity contribution in [3.05, 3.63) is 42.2 Å². The molecule has 0 fully saturated rings. The number of aryl methyl sites for hydroxylation is 1. The second-order valence-corrected chi connectivity index (χ2v) is 5.02. The van der Waals surface area contributed by atoms with Gasteiger partial charge in [-0.05, 0) is 0 Å². The van der Waals surface area contributed by atoms with Gasteiger partial charge >= 0.3 is 0 Å². The van der Waals surface area contributed by atoms with Crippen LogP contribution < -0.4 is 0 Å². The van der Waals surface area contributed by atoms with E-state index in [2.05, 4.69) is 25.3 Å². The van der Waals surface area contributed by atoms with E-state index in [0.717, 1.165) is 22.5 Å². The van der Waals surface area contributed by atoms with Crippen molar-refractivity contribution in [3.8, 4) is 22.6 Å². The number of aromatic nitrogens is 7. The number of hydrogen-bond donors (Lipinski definition) is 1. The molecular weight excluding hydrogens is 290 g/mol. The average molecular weight is 300 g/mol. The Balaban J connectivity index is 2.03. The summed E-state index contributed by atoms with van der Waals surface area (Å²) in [4.78, 5) is 9.00. The molecule has 0 atom stereocenters. The first-order valence-electron chi connectivity index (χ1n) is 6.24. The van der Waals surface area contributed by atoms with Crippen molar-refractivity contribution >= 4 is 17.2 Å². The summed E-state index contributed by atoms with van der Waals surface area (Å²) in [6.45, 7) is 0. The summed E-state index contributed by atoms with van der Waals surface area (Å²) in [5, 5.41) is 11.4. The average Bonchev–Trinajstić information content (AvgIpc) is 3.19. The van der Waals surface area contributed by atoms with Crippen LogP contribution in [0.15, 0.2) is 37.1 Å². The summed E-state index contributed by atoms with van der Waals surface area (Å²) in [5.41, 5.74) is 3.27. The molecule has 1 N–H and O–H groups in total. The van der Waals surface area contributed by atoms with E-state index in [1.54, 1.807) is 33.9 Å². The fourth-order valence-electron chi connectivity index (χ4n) is 2.24. The Morgan fingerprint density at radius 2 is 2.10 bits per heavy atom. The second-order valence-electron chi connectivity index (χ2n) is 4.63. The van der Waals surface area contributed by atoms with Gasteiger partial charge in [-0.2, -0.15) is 10.2 Å². The van der Waals surface area contributed by atoms with Crippen LogP contribution in [-0.4, -0.2) is 34.3 Å². The van der Waals surface area contributed by atoms with Gasteiger partial charge in [0.15, 0.2) is 5.82 Å². The van der Waals surface area contributed by atoms with E-state index in [-0.39, 0.29) is 0 Å². The fourth-order valence-corrected chi connectivity index (χ4v) is 2.46. The minimum atomic E-state index is 0.506. The number of nitrogens with zero attached hydrogens (tertiary/aromatic N) is 6. The SMILES string of the molecule is Cn1cc(-c2cc3ncc(Cl)n3c(-c3cn[nH]c3)n2)cn1. The zero-order chi connectivity index (χ0) is 14.4. The molecule has 0 aromatic carbocycles. The number of H-pyrrole nitrogens is 1. The molecule has 4 aromatic heterocycles. The Bertz CT molecular complexity index is 919. The lowest BCUT2D eigenvalue weighted by atomic mass is 10.2. The Labute approximate surface area is 124 Å². The predicted molar refractivity (Wildman–Crippen MR) is 77.8 cm³/mol. The molecule has 21 heavy (non-hydrogen) atoms. The minimum absolute atomic E-state index is 0.506. The zero-order valence-corrected chi connectivity index (χ0v) is 11.8. The third-order valence-electron chi connectivity index (χ3n) is 3.21. The molecule has 0 saturated carbocycles. The van der Waals surface area contributed by atoms with Gasteiger partial charge in [-0.3, -0.25) is 14.2 Å². The van der Waals surface area contributed by atoms with E-state index in [0.29, 0.717) is 11.0 Å². The normalized spacial score (nSPS) is 11.3. The standard InChI is InChI=1S/C13H10ClN7/c1-20-7-9(5-18-20)10-2-12-15-6-11(14)21(12)13(19-10)8-3-16-17-4-8/h2-7H,1H3,(H,16,17). The summed E-state index contributed by atoms with van der Waals surface area (Å²) < 4.78 is 3.52. The number of fused-ring (bicyclic) bond motifs is 1. The van der Waals surface area contributed by atoms with Gasteiger partial charge in [0.1, 0.15) is 10.8 Å². The topological polar surface area (TPSA) is 76.7 Å². The lowest BCUT2D eigenvalue weighted by Gasteiger charge is -2.06. The van der Waals surface area contributed by atoms with Gasteiger partial charge in [0.05, 0.1) is 29.8 Å². The lowest BCUT2D eigenvalue weighted by molar-refractivity contribution is 0.768. The summed E-state index contributed by atoms with van der Waals surface area (Å²) in [7, 11) is 1.87. The van der Waals surface area contributed by atoms with Gasteiger partial charge in [0.2, 0.25) is 0 Å². The summed E-state index contributed by atoms with van der Waals surface area (Å²) in [5.74, 6) is 0.683. The number of nitrogens with one attached hydrogen (secondary N) is 1. The van der Waals surface area contributed by atoms with E-state index >= 15 is 0 Å². The van der Waals surface area contributed by atoms with Crippen LogP contribution in [0.4, 0.5) is 0 Å². The number of imidazole rings is 1. The third-order valence-corrected chi connectivity index (χ3v) is 3.47. The van der Waals surface area contributed by atoms with Crippen molar-refractivity contribution in [1.29, 1.82) is 0 Å². The monoisotopic (exact) mass is 299 g/mol. The van der Waals surface area contributed by atoms with Crippen molar-refractivity contribution in [3.63, 3.8) is 0 Å². The van der Waals surface area contributed by atoms with E-state index in [1.165, 1.54) is 0 Å². The molecule has 0 aliphatic heterocycles. The van der Waals surface area contributed by atoms with Crippen LogP contribution in [0.1, 0.15) is 0 Å². The van der Waals surface area contributed by atoms with Gasteiger partial charge in [-0.25, -0.2) is 9.97 Å². The van der Waals surface area contributed by atoms with Crippen LogP contribution >= 0.6 is 11.6 Å². The minimum Gasteiger partial charge on any atom is -0.285 e. The van der Waals surface area contributed by atoms with E-state index in [1.807, 2.05) is 19.3 Å². The molecule has 0 amide bonds. The Kier molecular flexibility index (Phi) is 2.55. The van der Waals surface area contributed by atoms with Crippen LogP contribution in [0.5, 0.6) is 0 Å². The number of hydrogen-bond acceptors (Lipinski definition) is 4. The summed E-state index contributed by atoms with van der Waals surface area (Å²) in [6.07, 6.45) is 8.75. The molecule has 0 radical (unpaired) electrons. The summed E-state index contributed by atoms with van der Waals surface area (Å²) in [6, 6.07) is 1.88. The number of halogens is 1. The highest BCUT2D eigenvalue weighted by molar-refractivity contribution is 6.29. The van der Waals surface area contributed by atoms with Gasteiger partial charge in [0.25, 0.3) is 0 Å². The van der Waals surface area contributed by atoms with Gasteiger partial charge in [-0.1, -0.05) is 11.6 Å². The van der Waals surface area contributed by atoms with E-state index < -0.39 is 0 Å². The molecule has 0 aliphatic rings. The maximum atomic E-state index is 6.21. The van der Waals surface area contributed by atoms with Crippen molar-refractivity contribution in [2.45, 2.75) is 0 Å². The highest BCUT2D eigenvalue weighted by Crippen LogP contribution is 2.26. The van der Waals surface area contributed by atoms with Gasteiger partial charge in [0, 0.05) is 31.1 Å². The first kappa shape index (κ1) is 12.1. The lowest BCUT2D eigenvalue weighted by Crippen LogP contribution is -1.97. The molecular formula is C13H10ClN7. The smallest absolute Gasteiger partial charge is 0.150 e. The van der Waals surface area contributed by atoms with Gasteiger partial charge < -0.3 is 0 Å². The fraction of sp³-hybridized carbons (Fsp3) is 0.0769. The number of rotatable bonds is 2. The molecule has 0 spiro atoms. The van der Waals surface area contributed by atoms with Crippen LogP contribution in [0, 0.1) is 0 Å². The molecule has 4 rings (SSSR count). The molecule has 0 bridgehead atoms. The first-order valence-corrected chi connectivity index (χ1v) is 6.62. The maximum Gasteiger partial charge on any atom is 0.150 e. The van der Waals surface area contributed by atoms with Crippen molar-refractivity contribution in [1.82, 2.24) is 34.3 Å². The van der Waals surface area contributed by atoms with Crippen molar-refractivity contribution in [2.75, 3.05) is 0 Å². The molecule has 0 saturated heterocycles. The number of aromatic amines is 1. The van der Waals surface area contributed by atoms with Crippen LogP contribution in [0.2, 0.25) is 5.15 Å². The molecule has 8 heteroatoms. The zero-order valence-electron chi connectivity index (χ0n) is 11.0. The maximum absolute atomic E-state index is 6.21. The molecule has 4 aromatic rings.